The van der Waals surface area contributed by atoms with Crippen LogP contribution in [0.4, 0.5) is 0 Å². The van der Waals surface area contributed by atoms with E-state index in [9.17, 15) is 9.90 Å². The third-order valence-electron chi connectivity index (χ3n) is 9.98. The first-order valence-corrected chi connectivity index (χ1v) is 13.9. The first-order chi connectivity index (χ1) is 17.7. The fourth-order valence-electron chi connectivity index (χ4n) is 8.77. The Balaban J connectivity index is 1.62. The molecule has 4 nitrogen and oxygen atoms in total. The van der Waals surface area contributed by atoms with Crippen LogP contribution < -0.4 is 0 Å². The van der Waals surface area contributed by atoms with Crippen LogP contribution in [0.25, 0.3) is 64.1 Å². The lowest BCUT2D eigenvalue weighted by atomic mass is 9.69. The van der Waals surface area contributed by atoms with E-state index >= 15 is 0 Å². The summed E-state index contributed by atoms with van der Waals surface area (Å²) in [4.78, 5) is 22.3. The van der Waals surface area contributed by atoms with Gasteiger partial charge in [-0.1, -0.05) is 0 Å². The quantitative estimate of drug-likeness (QED) is 0.181. The number of Topliss-reactive ketones (excluding diaryl/α,β-unsaturated/α-hetero) is 1. The second kappa shape index (κ2) is 5.21. The second-order valence-corrected chi connectivity index (χ2v) is 12.3. The lowest BCUT2D eigenvalue weighted by molar-refractivity contribution is 0.0972. The number of pyridine rings is 1. The molecule has 4 aromatic carbocycles. The molecule has 1 atom stereocenters. The number of hydrogen-bond donors (Lipinski definition) is 2. The van der Waals surface area contributed by atoms with E-state index in [4.69, 9.17) is 4.98 Å². The Bertz CT molecular complexity index is 2300. The lowest BCUT2D eigenvalue weighted by Crippen LogP contribution is -2.21. The van der Waals surface area contributed by atoms with Crippen molar-refractivity contribution in [3.8, 4) is 5.75 Å². The number of aromatic hydroxyl groups is 1. The zero-order valence-electron chi connectivity index (χ0n) is 19.3. The molecule has 7 aromatic rings. The number of H-pyrrole nitrogens is 1. The van der Waals surface area contributed by atoms with Gasteiger partial charge in [0, 0.05) is 77.5 Å². The van der Waals surface area contributed by atoms with Gasteiger partial charge in [-0.25, -0.2) is 0 Å². The van der Waals surface area contributed by atoms with Crippen molar-refractivity contribution in [1.82, 2.24) is 9.97 Å². The fourth-order valence-corrected chi connectivity index (χ4v) is 9.88. The number of phenols is 1. The van der Waals surface area contributed by atoms with Gasteiger partial charge in [-0.05, 0) is 82.3 Å². The minimum Gasteiger partial charge on any atom is -0.508 e. The predicted molar refractivity (Wildman–Crippen MR) is 145 cm³/mol. The first-order valence-electron chi connectivity index (χ1n) is 13.0. The van der Waals surface area contributed by atoms with Crippen LogP contribution in [0.3, 0.4) is 0 Å². The Hall–Kier alpha value is -3.70. The number of rotatable bonds is 0. The van der Waals surface area contributed by atoms with Gasteiger partial charge in [0.25, 0.3) is 0 Å². The van der Waals surface area contributed by atoms with E-state index in [0.717, 1.165) is 54.0 Å². The van der Waals surface area contributed by atoms with E-state index in [1.54, 1.807) is 11.3 Å². The summed E-state index contributed by atoms with van der Waals surface area (Å²) in [6, 6.07) is 2.00. The number of carbonyl (C=O) groups is 1. The van der Waals surface area contributed by atoms with Crippen LogP contribution in [0.15, 0.2) is 17.6 Å². The standard InChI is InChI=1S/C31H18N2O2S/c34-18-6-11-5-17-27-28-20(11)25-15(18)9-36-31(25)14-7-19(35)12-2-3-13-23(22(12)24(14)28)29(27)26-16(33-17)4-1-10-8-32-30(13)21(10)26/h7-9,11,32,35H,1-6H2. The lowest BCUT2D eigenvalue weighted by Gasteiger charge is -2.34. The van der Waals surface area contributed by atoms with Crippen LogP contribution in [0, 0.1) is 0 Å². The zero-order chi connectivity index (χ0) is 23.2. The van der Waals surface area contributed by atoms with Gasteiger partial charge in [0.2, 0.25) is 0 Å². The summed E-state index contributed by atoms with van der Waals surface area (Å²) in [5.74, 6) is 0.853. The molecule has 0 amide bonds. The smallest absolute Gasteiger partial charge is 0.164 e. The zero-order valence-corrected chi connectivity index (χ0v) is 20.1. The Morgan fingerprint density at radius 2 is 1.72 bits per heavy atom. The van der Waals surface area contributed by atoms with Crippen LogP contribution in [0.5, 0.6) is 5.75 Å². The molecule has 36 heavy (non-hydrogen) atoms. The van der Waals surface area contributed by atoms with Gasteiger partial charge < -0.3 is 10.1 Å². The number of aromatic amines is 1. The van der Waals surface area contributed by atoms with Crippen LogP contribution in [0.1, 0.15) is 56.3 Å². The highest BCUT2D eigenvalue weighted by atomic mass is 32.1. The molecule has 11 rings (SSSR count). The predicted octanol–water partition coefficient (Wildman–Crippen LogP) is 6.96. The van der Waals surface area contributed by atoms with Crippen LogP contribution in [-0.4, -0.2) is 20.9 Å². The second-order valence-electron chi connectivity index (χ2n) is 11.4. The van der Waals surface area contributed by atoms with Gasteiger partial charge in [-0.15, -0.1) is 11.3 Å². The minimum atomic E-state index is 0.190. The summed E-state index contributed by atoms with van der Waals surface area (Å²) >= 11 is 1.67. The summed E-state index contributed by atoms with van der Waals surface area (Å²) in [6.45, 7) is 0. The average Bonchev–Trinajstić information content (AvgIpc) is 3.52. The van der Waals surface area contributed by atoms with Crippen molar-refractivity contribution < 1.29 is 9.90 Å². The maximum absolute atomic E-state index is 13.3. The molecular weight excluding hydrogens is 464 g/mol. The average molecular weight is 483 g/mol. The SMILES string of the molecule is O=C1CC2Cc3nc4c5c6c(c[nH]c6c6c7c8c(c(O)cc9c%10scc1c%10c2c(c3c57)c98)CC6)CC4. The molecule has 2 N–H and O–H groups in total. The third-order valence-corrected chi connectivity index (χ3v) is 11.0. The molecule has 0 bridgehead atoms. The Kier molecular flexibility index (Phi) is 2.56. The van der Waals surface area contributed by atoms with E-state index < -0.39 is 0 Å². The maximum Gasteiger partial charge on any atom is 0.164 e. The van der Waals surface area contributed by atoms with Crippen molar-refractivity contribution in [3.05, 3.63) is 56.8 Å². The molecule has 0 saturated carbocycles. The molecule has 0 aliphatic heterocycles. The van der Waals surface area contributed by atoms with Crippen molar-refractivity contribution in [2.45, 2.75) is 44.4 Å². The number of aromatic nitrogens is 2. The van der Waals surface area contributed by atoms with Gasteiger partial charge >= 0.3 is 0 Å². The monoisotopic (exact) mass is 482 g/mol. The molecule has 0 radical (unpaired) electrons. The fraction of sp³-hybridized carbons (Fsp3) is 0.226. The van der Waals surface area contributed by atoms with Gasteiger partial charge in [-0.3, -0.25) is 9.78 Å². The molecular formula is C31H18N2O2S. The molecule has 0 spiro atoms. The number of ketones is 1. The molecule has 1 unspecified atom stereocenters. The van der Waals surface area contributed by atoms with Gasteiger partial charge in [-0.2, -0.15) is 0 Å². The molecule has 4 aliphatic carbocycles. The topological polar surface area (TPSA) is 66.0 Å². The first kappa shape index (κ1) is 17.7. The summed E-state index contributed by atoms with van der Waals surface area (Å²) < 4.78 is 1.17. The number of hydrogen-bond acceptors (Lipinski definition) is 4. The number of benzene rings is 4. The van der Waals surface area contributed by atoms with Gasteiger partial charge in [0.15, 0.2) is 5.78 Å². The number of carbonyl (C=O) groups excluding carboxylic acids is 1. The molecule has 3 heterocycles. The van der Waals surface area contributed by atoms with E-state index in [1.165, 1.54) is 81.4 Å². The van der Waals surface area contributed by atoms with Crippen molar-refractivity contribution in [1.29, 1.82) is 0 Å². The molecule has 5 heteroatoms. The van der Waals surface area contributed by atoms with Crippen LogP contribution in [0.2, 0.25) is 0 Å². The number of thiophene rings is 1. The van der Waals surface area contributed by atoms with Crippen molar-refractivity contribution in [2.75, 3.05) is 0 Å². The van der Waals surface area contributed by atoms with Gasteiger partial charge in [0.1, 0.15) is 5.75 Å². The number of aryl methyl sites for hydroxylation is 4. The highest BCUT2D eigenvalue weighted by molar-refractivity contribution is 7.18. The summed E-state index contributed by atoms with van der Waals surface area (Å²) in [5.41, 5.74) is 9.88. The highest BCUT2D eigenvalue weighted by Gasteiger charge is 2.39. The largest absolute Gasteiger partial charge is 0.508 e. The Labute approximate surface area is 207 Å². The molecule has 3 aromatic heterocycles. The normalized spacial score (nSPS) is 19.4. The Morgan fingerprint density at radius 3 is 2.67 bits per heavy atom. The van der Waals surface area contributed by atoms with Crippen molar-refractivity contribution in [3.63, 3.8) is 0 Å². The number of fused-ring (bicyclic) bond motifs is 2. The highest BCUT2D eigenvalue weighted by Crippen LogP contribution is 2.59. The number of nitrogens with zero attached hydrogens (tertiary/aromatic N) is 1. The maximum atomic E-state index is 13.3. The van der Waals surface area contributed by atoms with Crippen molar-refractivity contribution in [2.24, 2.45) is 0 Å². The molecule has 0 fully saturated rings. The van der Waals surface area contributed by atoms with Gasteiger partial charge in [0.05, 0.1) is 5.52 Å². The van der Waals surface area contributed by atoms with E-state index in [-0.39, 0.29) is 11.7 Å². The van der Waals surface area contributed by atoms with E-state index in [1.807, 2.05) is 6.07 Å². The van der Waals surface area contributed by atoms with E-state index in [2.05, 4.69) is 16.6 Å². The molecule has 0 saturated heterocycles. The molecule has 170 valence electrons. The van der Waals surface area contributed by atoms with E-state index in [0.29, 0.717) is 12.2 Å². The number of nitrogens with one attached hydrogen (secondary N) is 1. The minimum absolute atomic E-state index is 0.190. The summed E-state index contributed by atoms with van der Waals surface area (Å²) in [5, 5.41) is 26.4. The van der Waals surface area contributed by atoms with Crippen molar-refractivity contribution >= 4 is 81.2 Å². The van der Waals surface area contributed by atoms with Crippen LogP contribution in [-0.2, 0) is 32.1 Å². The van der Waals surface area contributed by atoms with Crippen LogP contribution >= 0.6 is 11.3 Å². The third kappa shape index (κ3) is 1.58. The Morgan fingerprint density at radius 1 is 0.861 bits per heavy atom. The summed E-state index contributed by atoms with van der Waals surface area (Å²) in [6.07, 6.45) is 7.41. The number of phenolic OH excluding ortho intramolecular Hbond substituents is 1. The molecule has 4 aliphatic rings. The summed E-state index contributed by atoms with van der Waals surface area (Å²) in [7, 11) is 0.